The lowest BCUT2D eigenvalue weighted by Gasteiger charge is -2.13. The molecule has 6 nitrogen and oxygen atoms in total. The number of aryl methyl sites for hydroxylation is 1. The topological polar surface area (TPSA) is 76.0 Å². The van der Waals surface area contributed by atoms with Gasteiger partial charge in [0.1, 0.15) is 5.82 Å². The molecule has 2 N–H and O–H groups in total. The molecule has 0 saturated carbocycles. The summed E-state index contributed by atoms with van der Waals surface area (Å²) >= 11 is 1.75. The minimum Gasteiger partial charge on any atom is -0.348 e. The van der Waals surface area contributed by atoms with Gasteiger partial charge in [-0.15, -0.1) is 0 Å². The fourth-order valence-electron chi connectivity index (χ4n) is 2.66. The van der Waals surface area contributed by atoms with Crippen molar-refractivity contribution in [2.24, 2.45) is 5.92 Å². The maximum Gasteiger partial charge on any atom is 0.314 e. The standard InChI is InChI=1S/C18H22N4O2S/c1-11(2)8-19-17(23)18(24)20-16-13-9-25-10-14(13)21-22(16)15-7-5-4-6-12(15)3/h4-7,11H,8-10H2,1-3H3,(H,19,23)(H,20,24). The van der Waals surface area contributed by atoms with Crippen LogP contribution < -0.4 is 10.6 Å². The minimum absolute atomic E-state index is 0.287. The van der Waals surface area contributed by atoms with Gasteiger partial charge >= 0.3 is 11.8 Å². The molecule has 132 valence electrons. The van der Waals surface area contributed by atoms with Gasteiger partial charge in [-0.2, -0.15) is 16.9 Å². The van der Waals surface area contributed by atoms with E-state index in [0.717, 1.165) is 34.0 Å². The van der Waals surface area contributed by atoms with E-state index in [9.17, 15) is 9.59 Å². The number of anilines is 1. The van der Waals surface area contributed by atoms with Crippen LogP contribution in [0.1, 0.15) is 30.7 Å². The van der Waals surface area contributed by atoms with Crippen molar-refractivity contribution in [3.05, 3.63) is 41.1 Å². The van der Waals surface area contributed by atoms with Crippen LogP contribution in [-0.2, 0) is 21.1 Å². The van der Waals surface area contributed by atoms with Gasteiger partial charge in [0.2, 0.25) is 0 Å². The molecule has 2 heterocycles. The number of nitrogens with one attached hydrogen (secondary N) is 2. The van der Waals surface area contributed by atoms with Crippen LogP contribution in [0.3, 0.4) is 0 Å². The van der Waals surface area contributed by atoms with Crippen molar-refractivity contribution >= 4 is 29.4 Å². The number of carbonyl (C=O) groups excluding carboxylic acids is 2. The van der Waals surface area contributed by atoms with Gasteiger partial charge in [-0.25, -0.2) is 4.68 Å². The lowest BCUT2D eigenvalue weighted by atomic mass is 10.2. The number of carbonyl (C=O) groups is 2. The third-order valence-electron chi connectivity index (χ3n) is 4.00. The number of fused-ring (bicyclic) bond motifs is 1. The number of amides is 2. The van der Waals surface area contributed by atoms with Crippen molar-refractivity contribution in [2.75, 3.05) is 11.9 Å². The molecular formula is C18H22N4O2S. The Balaban J connectivity index is 1.89. The summed E-state index contributed by atoms with van der Waals surface area (Å²) in [6.07, 6.45) is 0. The summed E-state index contributed by atoms with van der Waals surface area (Å²) in [5, 5.41) is 10.1. The van der Waals surface area contributed by atoms with Crippen LogP contribution >= 0.6 is 11.8 Å². The van der Waals surface area contributed by atoms with Crippen LogP contribution in [0.2, 0.25) is 0 Å². The second kappa shape index (κ2) is 7.31. The Morgan fingerprint density at radius 3 is 2.72 bits per heavy atom. The summed E-state index contributed by atoms with van der Waals surface area (Å²) < 4.78 is 1.74. The van der Waals surface area contributed by atoms with Gasteiger partial charge in [-0.05, 0) is 24.5 Å². The van der Waals surface area contributed by atoms with Crippen LogP contribution in [0, 0.1) is 12.8 Å². The molecule has 0 radical (unpaired) electrons. The number of aromatic nitrogens is 2. The summed E-state index contributed by atoms with van der Waals surface area (Å²) in [6.45, 7) is 6.43. The average molecular weight is 358 g/mol. The third-order valence-corrected chi connectivity index (χ3v) is 4.97. The minimum atomic E-state index is -0.657. The van der Waals surface area contributed by atoms with Crippen molar-refractivity contribution in [1.29, 1.82) is 0 Å². The molecule has 0 atom stereocenters. The van der Waals surface area contributed by atoms with Crippen LogP contribution in [0.5, 0.6) is 0 Å². The van der Waals surface area contributed by atoms with Gasteiger partial charge in [-0.1, -0.05) is 32.0 Å². The van der Waals surface area contributed by atoms with E-state index in [1.807, 2.05) is 45.0 Å². The first-order chi connectivity index (χ1) is 12.0. The largest absolute Gasteiger partial charge is 0.348 e. The third kappa shape index (κ3) is 3.71. The molecule has 0 aliphatic carbocycles. The molecule has 0 saturated heterocycles. The molecule has 0 bridgehead atoms. The van der Waals surface area contributed by atoms with E-state index in [0.29, 0.717) is 12.4 Å². The average Bonchev–Trinajstić information content (AvgIpc) is 3.15. The second-order valence-electron chi connectivity index (χ2n) is 6.52. The quantitative estimate of drug-likeness (QED) is 0.824. The molecule has 1 aliphatic heterocycles. The lowest BCUT2D eigenvalue weighted by molar-refractivity contribution is -0.136. The Hall–Kier alpha value is -2.28. The predicted molar refractivity (Wildman–Crippen MR) is 99.8 cm³/mol. The first-order valence-corrected chi connectivity index (χ1v) is 9.46. The van der Waals surface area contributed by atoms with Gasteiger partial charge < -0.3 is 10.6 Å². The molecule has 1 aromatic heterocycles. The summed E-state index contributed by atoms with van der Waals surface area (Å²) in [5.41, 5.74) is 3.92. The zero-order chi connectivity index (χ0) is 18.0. The van der Waals surface area contributed by atoms with Gasteiger partial charge in [0, 0.05) is 23.6 Å². The molecule has 7 heteroatoms. The zero-order valence-corrected chi connectivity index (χ0v) is 15.4. The number of thioether (sulfide) groups is 1. The summed E-state index contributed by atoms with van der Waals surface area (Å²) in [7, 11) is 0. The number of nitrogens with zero attached hydrogens (tertiary/aromatic N) is 2. The Morgan fingerprint density at radius 1 is 1.24 bits per heavy atom. The van der Waals surface area contributed by atoms with Gasteiger partial charge in [0.15, 0.2) is 0 Å². The molecule has 1 aliphatic rings. The van der Waals surface area contributed by atoms with E-state index in [2.05, 4.69) is 15.7 Å². The van der Waals surface area contributed by atoms with Crippen LogP contribution in [-0.4, -0.2) is 28.1 Å². The van der Waals surface area contributed by atoms with E-state index in [-0.39, 0.29) is 5.92 Å². The van der Waals surface area contributed by atoms with Crippen molar-refractivity contribution in [1.82, 2.24) is 15.1 Å². The number of benzene rings is 1. The van der Waals surface area contributed by atoms with Crippen molar-refractivity contribution in [3.8, 4) is 5.69 Å². The Kier molecular flexibility index (Phi) is 5.13. The highest BCUT2D eigenvalue weighted by Gasteiger charge is 2.26. The summed E-state index contributed by atoms with van der Waals surface area (Å²) in [6, 6.07) is 7.85. The maximum absolute atomic E-state index is 12.3. The Bertz CT molecular complexity index is 813. The van der Waals surface area contributed by atoms with Crippen molar-refractivity contribution in [2.45, 2.75) is 32.3 Å². The molecule has 0 spiro atoms. The normalized spacial score (nSPS) is 13.0. The molecular weight excluding hydrogens is 336 g/mol. The first-order valence-electron chi connectivity index (χ1n) is 8.31. The first kappa shape index (κ1) is 17.5. The number of para-hydroxylation sites is 1. The molecule has 0 fully saturated rings. The fraction of sp³-hybridized carbons (Fsp3) is 0.389. The SMILES string of the molecule is Cc1ccccc1-n1nc2c(c1NC(=O)C(=O)NCC(C)C)CSC2. The highest BCUT2D eigenvalue weighted by atomic mass is 32.2. The second-order valence-corrected chi connectivity index (χ2v) is 7.51. The molecule has 3 rings (SSSR count). The number of rotatable bonds is 4. The van der Waals surface area contributed by atoms with E-state index in [4.69, 9.17) is 0 Å². The monoisotopic (exact) mass is 358 g/mol. The lowest BCUT2D eigenvalue weighted by Crippen LogP contribution is -2.37. The number of hydrogen-bond acceptors (Lipinski definition) is 4. The van der Waals surface area contributed by atoms with Crippen LogP contribution in [0.25, 0.3) is 5.69 Å². The summed E-state index contributed by atoms with van der Waals surface area (Å²) in [5.74, 6) is 1.20. The molecule has 1 aromatic carbocycles. The molecule has 0 unspecified atom stereocenters. The molecule has 25 heavy (non-hydrogen) atoms. The van der Waals surface area contributed by atoms with E-state index in [1.54, 1.807) is 16.4 Å². The number of hydrogen-bond donors (Lipinski definition) is 2. The van der Waals surface area contributed by atoms with Crippen LogP contribution in [0.15, 0.2) is 24.3 Å². The van der Waals surface area contributed by atoms with Gasteiger partial charge in [0.05, 0.1) is 11.4 Å². The Morgan fingerprint density at radius 2 is 2.00 bits per heavy atom. The molecule has 2 aromatic rings. The molecule has 2 amide bonds. The van der Waals surface area contributed by atoms with Crippen molar-refractivity contribution < 1.29 is 9.59 Å². The van der Waals surface area contributed by atoms with Gasteiger partial charge in [-0.3, -0.25) is 9.59 Å². The predicted octanol–water partition coefficient (Wildman–Crippen LogP) is 2.64. The van der Waals surface area contributed by atoms with Crippen LogP contribution in [0.4, 0.5) is 5.82 Å². The van der Waals surface area contributed by atoms with E-state index < -0.39 is 11.8 Å². The van der Waals surface area contributed by atoms with E-state index in [1.165, 1.54) is 0 Å². The Labute approximate surface area is 151 Å². The zero-order valence-electron chi connectivity index (χ0n) is 14.6. The summed E-state index contributed by atoms with van der Waals surface area (Å²) in [4.78, 5) is 24.4. The highest BCUT2D eigenvalue weighted by molar-refractivity contribution is 7.98. The highest BCUT2D eigenvalue weighted by Crippen LogP contribution is 2.36. The fourth-order valence-corrected chi connectivity index (χ4v) is 3.69. The van der Waals surface area contributed by atoms with E-state index >= 15 is 0 Å². The van der Waals surface area contributed by atoms with Crippen molar-refractivity contribution in [3.63, 3.8) is 0 Å². The maximum atomic E-state index is 12.3. The van der Waals surface area contributed by atoms with Gasteiger partial charge in [0.25, 0.3) is 0 Å². The smallest absolute Gasteiger partial charge is 0.314 e.